The van der Waals surface area contributed by atoms with Crippen LogP contribution in [0.15, 0.2) is 20.5 Å². The molecule has 1 aliphatic heterocycles. The number of rotatable bonds is 6. The van der Waals surface area contributed by atoms with Gasteiger partial charge in [0.2, 0.25) is 5.88 Å². The van der Waals surface area contributed by atoms with Gasteiger partial charge in [-0.15, -0.1) is 11.3 Å². The Kier molecular flexibility index (Phi) is 7.56. The van der Waals surface area contributed by atoms with Crippen molar-refractivity contribution >= 4 is 56.1 Å². The number of fused-ring (bicyclic) bond motifs is 1. The van der Waals surface area contributed by atoms with Crippen molar-refractivity contribution in [3.8, 4) is 6.07 Å². The van der Waals surface area contributed by atoms with Crippen LogP contribution >= 0.6 is 27.3 Å². The van der Waals surface area contributed by atoms with E-state index in [4.69, 9.17) is 9.15 Å². The van der Waals surface area contributed by atoms with E-state index in [1.54, 1.807) is 13.0 Å². The van der Waals surface area contributed by atoms with Crippen LogP contribution in [-0.2, 0) is 22.4 Å². The molecule has 1 saturated heterocycles. The third kappa shape index (κ3) is 5.17. The van der Waals surface area contributed by atoms with Gasteiger partial charge in [-0.25, -0.2) is 4.79 Å². The molecule has 9 heteroatoms. The molecule has 0 bridgehead atoms. The summed E-state index contributed by atoms with van der Waals surface area (Å²) < 4.78 is 12.0. The SMILES string of the molecule is CCOC(=O)c1c(NC(=O)/C(C#N)=C/c2cc(Br)c(N3CCCCC3)o2)sc2c1CCCC2. The van der Waals surface area contributed by atoms with E-state index in [1.807, 2.05) is 6.07 Å². The van der Waals surface area contributed by atoms with E-state index in [2.05, 4.69) is 26.1 Å². The molecule has 0 spiro atoms. The molecule has 0 atom stereocenters. The summed E-state index contributed by atoms with van der Waals surface area (Å²) in [7, 11) is 0. The maximum absolute atomic E-state index is 13.0. The number of carbonyl (C=O) groups excluding carboxylic acids is 2. The Bertz CT molecular complexity index is 1120. The summed E-state index contributed by atoms with van der Waals surface area (Å²) in [4.78, 5) is 28.9. The number of carbonyl (C=O) groups is 2. The molecular weight excluding hydrogens is 506 g/mol. The number of ether oxygens (including phenoxy) is 1. The number of hydrogen-bond donors (Lipinski definition) is 1. The molecule has 4 rings (SSSR count). The zero-order chi connectivity index (χ0) is 23.4. The molecule has 1 amide bonds. The molecule has 3 heterocycles. The highest BCUT2D eigenvalue weighted by Crippen LogP contribution is 2.39. The monoisotopic (exact) mass is 531 g/mol. The Labute approximate surface area is 205 Å². The van der Waals surface area contributed by atoms with Gasteiger partial charge in [-0.1, -0.05) is 0 Å². The van der Waals surface area contributed by atoms with Gasteiger partial charge < -0.3 is 19.4 Å². The third-order valence-electron chi connectivity index (χ3n) is 5.86. The molecule has 1 fully saturated rings. The van der Waals surface area contributed by atoms with E-state index in [0.29, 0.717) is 22.2 Å². The highest BCUT2D eigenvalue weighted by atomic mass is 79.9. The molecule has 2 aromatic heterocycles. The van der Waals surface area contributed by atoms with E-state index in [9.17, 15) is 14.9 Å². The zero-order valence-electron chi connectivity index (χ0n) is 18.5. The van der Waals surface area contributed by atoms with Crippen molar-refractivity contribution in [3.05, 3.63) is 37.9 Å². The van der Waals surface area contributed by atoms with E-state index >= 15 is 0 Å². The number of nitrogens with zero attached hydrogens (tertiary/aromatic N) is 2. The Morgan fingerprint density at radius 3 is 2.76 bits per heavy atom. The number of amides is 1. The van der Waals surface area contributed by atoms with Crippen LogP contribution in [0.4, 0.5) is 10.9 Å². The quantitative estimate of drug-likeness (QED) is 0.292. The fraction of sp³-hybridized carbons (Fsp3) is 0.458. The number of piperidine rings is 1. The Hall–Kier alpha value is -2.57. The number of halogens is 1. The summed E-state index contributed by atoms with van der Waals surface area (Å²) in [6.07, 6.45) is 8.58. The lowest BCUT2D eigenvalue weighted by Gasteiger charge is -2.26. The number of thiophene rings is 1. The minimum Gasteiger partial charge on any atom is -0.462 e. The van der Waals surface area contributed by atoms with Crippen molar-refractivity contribution < 1.29 is 18.7 Å². The highest BCUT2D eigenvalue weighted by Gasteiger charge is 2.28. The maximum Gasteiger partial charge on any atom is 0.341 e. The average molecular weight is 532 g/mol. The first-order valence-electron chi connectivity index (χ1n) is 11.3. The molecule has 7 nitrogen and oxygen atoms in total. The van der Waals surface area contributed by atoms with Crippen LogP contribution in [-0.4, -0.2) is 31.6 Å². The summed E-state index contributed by atoms with van der Waals surface area (Å²) >= 11 is 4.93. The summed E-state index contributed by atoms with van der Waals surface area (Å²) in [6.45, 7) is 3.85. The van der Waals surface area contributed by atoms with Crippen LogP contribution in [0.25, 0.3) is 6.08 Å². The van der Waals surface area contributed by atoms with Crippen molar-refractivity contribution in [3.63, 3.8) is 0 Å². The van der Waals surface area contributed by atoms with Crippen LogP contribution in [0.1, 0.15) is 65.6 Å². The molecule has 0 radical (unpaired) electrons. The Balaban J connectivity index is 1.58. The van der Waals surface area contributed by atoms with E-state index in [-0.39, 0.29) is 12.2 Å². The molecule has 2 aromatic rings. The van der Waals surface area contributed by atoms with E-state index < -0.39 is 11.9 Å². The highest BCUT2D eigenvalue weighted by molar-refractivity contribution is 9.10. The average Bonchev–Trinajstić information content (AvgIpc) is 3.37. The molecule has 174 valence electrons. The van der Waals surface area contributed by atoms with E-state index in [0.717, 1.165) is 66.5 Å². The molecule has 0 aromatic carbocycles. The van der Waals surface area contributed by atoms with Gasteiger partial charge in [0.15, 0.2) is 0 Å². The lowest BCUT2D eigenvalue weighted by atomic mass is 9.95. The topological polar surface area (TPSA) is 95.6 Å². The summed E-state index contributed by atoms with van der Waals surface area (Å²) in [5, 5.41) is 12.9. The first kappa shape index (κ1) is 23.6. The second-order valence-electron chi connectivity index (χ2n) is 8.11. The minimum atomic E-state index is -0.575. The predicted molar refractivity (Wildman–Crippen MR) is 132 cm³/mol. The molecule has 33 heavy (non-hydrogen) atoms. The van der Waals surface area contributed by atoms with E-state index in [1.165, 1.54) is 23.8 Å². The van der Waals surface area contributed by atoms with Crippen molar-refractivity contribution in [2.24, 2.45) is 0 Å². The van der Waals surface area contributed by atoms with Crippen LogP contribution in [0.5, 0.6) is 0 Å². The number of hydrogen-bond acceptors (Lipinski definition) is 7. The Morgan fingerprint density at radius 1 is 1.27 bits per heavy atom. The third-order valence-corrected chi connectivity index (χ3v) is 7.64. The first-order valence-corrected chi connectivity index (χ1v) is 12.9. The molecular formula is C24H26BrN3O4S. The van der Waals surface area contributed by atoms with Crippen LogP contribution in [0.2, 0.25) is 0 Å². The lowest BCUT2D eigenvalue weighted by molar-refractivity contribution is -0.112. The van der Waals surface area contributed by atoms with Gasteiger partial charge in [-0.05, 0) is 73.4 Å². The van der Waals surface area contributed by atoms with Crippen molar-refractivity contribution in [1.29, 1.82) is 5.26 Å². The normalized spacial score (nSPS) is 16.2. The zero-order valence-corrected chi connectivity index (χ0v) is 20.9. The van der Waals surface area contributed by atoms with Gasteiger partial charge in [-0.3, -0.25) is 4.79 Å². The van der Waals surface area contributed by atoms with Crippen molar-refractivity contribution in [1.82, 2.24) is 0 Å². The molecule has 0 unspecified atom stereocenters. The van der Waals surface area contributed by atoms with Gasteiger partial charge >= 0.3 is 5.97 Å². The predicted octanol–water partition coefficient (Wildman–Crippen LogP) is 5.70. The number of esters is 1. The van der Waals surface area contributed by atoms with Crippen molar-refractivity contribution in [2.45, 2.75) is 51.9 Å². The van der Waals surface area contributed by atoms with Gasteiger partial charge in [0.05, 0.1) is 16.6 Å². The standard InChI is InChI=1S/C24H26BrN3O4S/c1-2-31-24(30)20-17-8-4-5-9-19(17)33-22(20)27-21(29)15(14-26)12-16-13-18(25)23(32-16)28-10-6-3-7-11-28/h12-13H,2-11H2,1H3,(H,27,29)/b15-12+. The molecule has 2 aliphatic rings. The van der Waals surface area contributed by atoms with Gasteiger partial charge in [0.1, 0.15) is 22.4 Å². The lowest BCUT2D eigenvalue weighted by Crippen LogP contribution is -2.29. The smallest absolute Gasteiger partial charge is 0.341 e. The Morgan fingerprint density at radius 2 is 2.03 bits per heavy atom. The maximum atomic E-state index is 13.0. The summed E-state index contributed by atoms with van der Waals surface area (Å²) in [5.41, 5.74) is 1.29. The number of aryl methyl sites for hydroxylation is 1. The summed E-state index contributed by atoms with van der Waals surface area (Å²) in [5.74, 6) is 0.129. The first-order chi connectivity index (χ1) is 16.0. The number of furan rings is 1. The van der Waals surface area contributed by atoms with Gasteiger partial charge in [0.25, 0.3) is 5.91 Å². The van der Waals surface area contributed by atoms with Crippen LogP contribution in [0.3, 0.4) is 0 Å². The number of anilines is 2. The fourth-order valence-corrected chi connectivity index (χ4v) is 6.12. The van der Waals surface area contributed by atoms with Crippen LogP contribution < -0.4 is 10.2 Å². The number of nitrogens with one attached hydrogen (secondary N) is 1. The van der Waals surface area contributed by atoms with Crippen LogP contribution in [0, 0.1) is 11.3 Å². The molecule has 1 N–H and O–H groups in total. The second kappa shape index (κ2) is 10.6. The second-order valence-corrected chi connectivity index (χ2v) is 10.1. The van der Waals surface area contributed by atoms with Gasteiger partial charge in [-0.2, -0.15) is 5.26 Å². The largest absolute Gasteiger partial charge is 0.462 e. The number of nitriles is 1. The van der Waals surface area contributed by atoms with Gasteiger partial charge in [0, 0.05) is 30.1 Å². The minimum absolute atomic E-state index is 0.0948. The molecule has 0 saturated carbocycles. The molecule has 1 aliphatic carbocycles. The summed E-state index contributed by atoms with van der Waals surface area (Å²) in [6, 6.07) is 3.73. The van der Waals surface area contributed by atoms with Crippen molar-refractivity contribution in [2.75, 3.05) is 29.9 Å². The fourth-order valence-electron chi connectivity index (χ4n) is 4.29.